The third-order valence-corrected chi connectivity index (χ3v) is 5.39. The van der Waals surface area contributed by atoms with Gasteiger partial charge in [0.15, 0.2) is 5.79 Å². The molecule has 3 aliphatic heterocycles. The molecular weight excluding hydrogens is 365 g/mol. The van der Waals surface area contributed by atoms with E-state index in [-0.39, 0.29) is 6.42 Å². The van der Waals surface area contributed by atoms with Crippen molar-refractivity contribution in [3.8, 4) is 0 Å². The van der Waals surface area contributed by atoms with Gasteiger partial charge in [0.2, 0.25) is 5.91 Å². The molecule has 1 aromatic rings. The van der Waals surface area contributed by atoms with Gasteiger partial charge in [0.05, 0.1) is 36.9 Å². The fraction of sp³-hybridized carbons (Fsp3) is 0.556. The van der Waals surface area contributed by atoms with Crippen molar-refractivity contribution in [3.05, 3.63) is 29.8 Å². The molecule has 9 heteroatoms. The fourth-order valence-electron chi connectivity index (χ4n) is 4.02. The first-order valence-electron chi connectivity index (χ1n) is 8.86. The van der Waals surface area contributed by atoms with E-state index in [0.717, 1.165) is 12.1 Å². The highest BCUT2D eigenvalue weighted by atomic mass is 19.4. The maximum absolute atomic E-state index is 13.3. The molecule has 0 radical (unpaired) electrons. The van der Waals surface area contributed by atoms with Gasteiger partial charge in [-0.15, -0.1) is 0 Å². The number of alkyl halides is 3. The monoisotopic (exact) mass is 384 g/mol. The molecule has 1 spiro atoms. The number of rotatable bonds is 2. The van der Waals surface area contributed by atoms with E-state index in [2.05, 4.69) is 0 Å². The average Bonchev–Trinajstić information content (AvgIpc) is 3.20. The minimum Gasteiger partial charge on any atom is -0.347 e. The van der Waals surface area contributed by atoms with E-state index in [9.17, 15) is 22.8 Å². The van der Waals surface area contributed by atoms with E-state index >= 15 is 0 Å². The number of hydrogen-bond acceptors (Lipinski definition) is 5. The molecule has 6 nitrogen and oxygen atoms in total. The minimum atomic E-state index is -4.65. The number of piperidine rings is 1. The molecule has 0 unspecified atom stereocenters. The highest BCUT2D eigenvalue weighted by Crippen LogP contribution is 2.39. The standard InChI is InChI=1S/C18H19F3N2O4/c19-18(20,21)12-3-1-2-4-13(12)23-15(24)11-14(16(23)25)22-7-5-17(6-8-22)26-9-10-27-17/h1-4,14H,5-11H2/t14-/m0/s1. The van der Waals surface area contributed by atoms with Crippen LogP contribution in [0.5, 0.6) is 0 Å². The normalized spacial score (nSPS) is 26.3. The number of hydrogen-bond donors (Lipinski definition) is 0. The lowest BCUT2D eigenvalue weighted by Gasteiger charge is -2.39. The number of nitrogens with zero attached hydrogens (tertiary/aromatic N) is 2. The van der Waals surface area contributed by atoms with E-state index in [4.69, 9.17) is 9.47 Å². The van der Waals surface area contributed by atoms with Crippen molar-refractivity contribution in [3.63, 3.8) is 0 Å². The number of ether oxygens (including phenoxy) is 2. The van der Waals surface area contributed by atoms with Crippen LogP contribution in [0.3, 0.4) is 0 Å². The Labute approximate surface area is 153 Å². The molecular formula is C18H19F3N2O4. The second-order valence-corrected chi connectivity index (χ2v) is 6.95. The summed E-state index contributed by atoms with van der Waals surface area (Å²) >= 11 is 0. The van der Waals surface area contributed by atoms with Crippen molar-refractivity contribution >= 4 is 17.5 Å². The van der Waals surface area contributed by atoms with Gasteiger partial charge in [-0.05, 0) is 12.1 Å². The Morgan fingerprint density at radius 1 is 1.04 bits per heavy atom. The van der Waals surface area contributed by atoms with Crippen LogP contribution in [0.2, 0.25) is 0 Å². The zero-order valence-electron chi connectivity index (χ0n) is 14.5. The summed E-state index contributed by atoms with van der Waals surface area (Å²) in [6.07, 6.45) is -3.65. The van der Waals surface area contributed by atoms with Gasteiger partial charge in [-0.1, -0.05) is 12.1 Å². The zero-order chi connectivity index (χ0) is 19.2. The van der Waals surface area contributed by atoms with Crippen molar-refractivity contribution < 1.29 is 32.2 Å². The molecule has 0 saturated carbocycles. The Balaban J connectivity index is 1.54. The molecule has 2 amide bonds. The molecule has 3 fully saturated rings. The molecule has 27 heavy (non-hydrogen) atoms. The van der Waals surface area contributed by atoms with Crippen LogP contribution in [-0.2, 0) is 25.2 Å². The highest BCUT2D eigenvalue weighted by molar-refractivity contribution is 6.22. The molecule has 3 saturated heterocycles. The van der Waals surface area contributed by atoms with Crippen LogP contribution in [0.4, 0.5) is 18.9 Å². The number of halogens is 3. The zero-order valence-corrected chi connectivity index (χ0v) is 14.5. The Hall–Kier alpha value is -1.97. The number of carbonyl (C=O) groups is 2. The number of carbonyl (C=O) groups excluding carboxylic acids is 2. The number of amides is 2. The van der Waals surface area contributed by atoms with Gasteiger partial charge in [0.1, 0.15) is 0 Å². The molecule has 3 heterocycles. The molecule has 3 aliphatic rings. The summed E-state index contributed by atoms with van der Waals surface area (Å²) in [5.74, 6) is -1.85. The summed E-state index contributed by atoms with van der Waals surface area (Å²) in [6.45, 7) is 2.03. The van der Waals surface area contributed by atoms with Crippen molar-refractivity contribution in [2.45, 2.75) is 37.3 Å². The summed E-state index contributed by atoms with van der Waals surface area (Å²) in [5, 5.41) is 0. The van der Waals surface area contributed by atoms with Crippen LogP contribution < -0.4 is 4.90 Å². The third-order valence-electron chi connectivity index (χ3n) is 5.39. The van der Waals surface area contributed by atoms with E-state index in [1.807, 2.05) is 4.90 Å². The van der Waals surface area contributed by atoms with Crippen molar-refractivity contribution in [1.29, 1.82) is 0 Å². The lowest BCUT2D eigenvalue weighted by atomic mass is 10.0. The first kappa shape index (κ1) is 18.4. The summed E-state index contributed by atoms with van der Waals surface area (Å²) in [7, 11) is 0. The van der Waals surface area contributed by atoms with Crippen molar-refractivity contribution in [2.75, 3.05) is 31.2 Å². The van der Waals surface area contributed by atoms with Gasteiger partial charge >= 0.3 is 6.18 Å². The Morgan fingerprint density at radius 2 is 1.67 bits per heavy atom. The molecule has 1 atom stereocenters. The van der Waals surface area contributed by atoms with Gasteiger partial charge in [0.25, 0.3) is 5.91 Å². The maximum atomic E-state index is 13.3. The van der Waals surface area contributed by atoms with Crippen LogP contribution in [0, 0.1) is 0 Å². The number of para-hydroxylation sites is 1. The van der Waals surface area contributed by atoms with Crippen LogP contribution in [0.1, 0.15) is 24.8 Å². The lowest BCUT2D eigenvalue weighted by Crippen LogP contribution is -2.51. The van der Waals surface area contributed by atoms with Gasteiger partial charge in [0, 0.05) is 25.9 Å². The van der Waals surface area contributed by atoms with Crippen LogP contribution in [0.15, 0.2) is 24.3 Å². The molecule has 0 bridgehead atoms. The maximum Gasteiger partial charge on any atom is 0.418 e. The fourth-order valence-corrected chi connectivity index (χ4v) is 4.02. The first-order valence-corrected chi connectivity index (χ1v) is 8.86. The molecule has 1 aromatic carbocycles. The van der Waals surface area contributed by atoms with Crippen LogP contribution in [-0.4, -0.2) is 54.8 Å². The second-order valence-electron chi connectivity index (χ2n) is 6.95. The van der Waals surface area contributed by atoms with E-state index in [1.54, 1.807) is 0 Å². The van der Waals surface area contributed by atoms with Gasteiger partial charge in [-0.3, -0.25) is 14.5 Å². The predicted molar refractivity (Wildman–Crippen MR) is 87.8 cm³/mol. The minimum absolute atomic E-state index is 0.125. The smallest absolute Gasteiger partial charge is 0.347 e. The van der Waals surface area contributed by atoms with E-state index in [1.165, 1.54) is 12.1 Å². The lowest BCUT2D eigenvalue weighted by molar-refractivity contribution is -0.188. The quantitative estimate of drug-likeness (QED) is 0.732. The molecule has 0 N–H and O–H groups in total. The van der Waals surface area contributed by atoms with E-state index < -0.39 is 41.1 Å². The molecule has 4 rings (SSSR count). The van der Waals surface area contributed by atoms with E-state index in [0.29, 0.717) is 44.0 Å². The van der Waals surface area contributed by atoms with Gasteiger partial charge in [-0.2, -0.15) is 13.2 Å². The first-order chi connectivity index (χ1) is 12.8. The Morgan fingerprint density at radius 3 is 2.30 bits per heavy atom. The second kappa shape index (κ2) is 6.57. The average molecular weight is 384 g/mol. The summed E-state index contributed by atoms with van der Waals surface area (Å²) in [6, 6.07) is 3.91. The predicted octanol–water partition coefficient (Wildman–Crippen LogP) is 2.18. The number of likely N-dealkylation sites (tertiary alicyclic amines) is 1. The molecule has 0 aromatic heterocycles. The Bertz CT molecular complexity index is 751. The number of benzene rings is 1. The summed E-state index contributed by atoms with van der Waals surface area (Å²) < 4.78 is 51.2. The number of anilines is 1. The molecule has 0 aliphatic carbocycles. The third kappa shape index (κ3) is 3.24. The van der Waals surface area contributed by atoms with Crippen LogP contribution in [0.25, 0.3) is 0 Å². The Kier molecular flexibility index (Phi) is 4.48. The van der Waals surface area contributed by atoms with Crippen molar-refractivity contribution in [2.24, 2.45) is 0 Å². The summed E-state index contributed by atoms with van der Waals surface area (Å²) in [5.41, 5.74) is -1.39. The topological polar surface area (TPSA) is 59.1 Å². The largest absolute Gasteiger partial charge is 0.418 e. The summed E-state index contributed by atoms with van der Waals surface area (Å²) in [4.78, 5) is 27.8. The van der Waals surface area contributed by atoms with Crippen molar-refractivity contribution in [1.82, 2.24) is 4.90 Å². The van der Waals surface area contributed by atoms with Crippen LogP contribution >= 0.6 is 0 Å². The SMILES string of the molecule is O=C1C[C@H](N2CCC3(CC2)OCCO3)C(=O)N1c1ccccc1C(F)(F)F. The van der Waals surface area contributed by atoms with Gasteiger partial charge < -0.3 is 9.47 Å². The van der Waals surface area contributed by atoms with Gasteiger partial charge in [-0.25, -0.2) is 4.90 Å². The molecule has 146 valence electrons. The number of imide groups is 1. The highest BCUT2D eigenvalue weighted by Gasteiger charge is 2.48.